The van der Waals surface area contributed by atoms with Crippen molar-refractivity contribution in [1.29, 1.82) is 0 Å². The Hall–Kier alpha value is -0.490. The molecule has 2 rings (SSSR count). The second-order valence-corrected chi connectivity index (χ2v) is 5.58. The lowest BCUT2D eigenvalue weighted by molar-refractivity contribution is 0.0742. The summed E-state index contributed by atoms with van der Waals surface area (Å²) < 4.78 is 3.82. The number of halogens is 1. The molecule has 1 amide bonds. The second kappa shape index (κ2) is 4.79. The third-order valence-electron chi connectivity index (χ3n) is 3.15. The van der Waals surface area contributed by atoms with Crippen molar-refractivity contribution >= 4 is 33.4 Å². The lowest BCUT2D eigenvalue weighted by Gasteiger charge is -2.24. The van der Waals surface area contributed by atoms with Crippen LogP contribution in [0.5, 0.6) is 0 Å². The summed E-state index contributed by atoms with van der Waals surface area (Å²) in [6.45, 7) is 4.87. The lowest BCUT2D eigenvalue weighted by atomic mass is 10.1. The summed E-state index contributed by atoms with van der Waals surface area (Å²) >= 11 is 4.68. The molecule has 1 aromatic rings. The van der Waals surface area contributed by atoms with Crippen LogP contribution in [0.15, 0.2) is 0 Å². The summed E-state index contributed by atoms with van der Waals surface area (Å²) in [7, 11) is 0. The molecule has 1 aliphatic rings. The highest BCUT2D eigenvalue weighted by Gasteiger charge is 2.35. The smallest absolute Gasteiger partial charge is 0.267 e. The van der Waals surface area contributed by atoms with Crippen LogP contribution in [0.1, 0.15) is 28.7 Å². The first-order chi connectivity index (χ1) is 7.65. The Labute approximate surface area is 107 Å². The topological polar surface area (TPSA) is 46.1 Å². The Bertz CT molecular complexity index is 395. The predicted octanol–water partition coefficient (Wildman–Crippen LogP) is 2.09. The number of carbonyl (C=O) groups excluding carboxylic acids is 1. The number of carbonyl (C=O) groups is 1. The zero-order valence-electron chi connectivity index (χ0n) is 9.31. The molecule has 0 spiro atoms. The molecule has 0 bridgehead atoms. The highest BCUT2D eigenvalue weighted by molar-refractivity contribution is 9.09. The molecule has 1 fully saturated rings. The Balaban J connectivity index is 2.20. The van der Waals surface area contributed by atoms with E-state index in [0.29, 0.717) is 16.8 Å². The van der Waals surface area contributed by atoms with Crippen LogP contribution in [0.3, 0.4) is 0 Å². The number of amides is 1. The van der Waals surface area contributed by atoms with E-state index in [2.05, 4.69) is 32.4 Å². The number of aryl methyl sites for hydroxylation is 1. The molecule has 0 N–H and O–H groups in total. The summed E-state index contributed by atoms with van der Waals surface area (Å²) in [5.74, 6) is 0.644. The minimum atomic E-state index is 0.0845. The van der Waals surface area contributed by atoms with Gasteiger partial charge in [-0.15, -0.1) is 5.10 Å². The Morgan fingerprint density at radius 2 is 2.44 bits per heavy atom. The van der Waals surface area contributed by atoms with Gasteiger partial charge in [0.05, 0.1) is 5.69 Å². The first-order valence-electron chi connectivity index (χ1n) is 5.31. The summed E-state index contributed by atoms with van der Waals surface area (Å²) in [6, 6.07) is 0.300. The van der Waals surface area contributed by atoms with Crippen molar-refractivity contribution in [3.05, 3.63) is 10.6 Å². The van der Waals surface area contributed by atoms with E-state index in [-0.39, 0.29) is 5.91 Å². The molecule has 4 nitrogen and oxygen atoms in total. The van der Waals surface area contributed by atoms with E-state index in [9.17, 15) is 4.79 Å². The van der Waals surface area contributed by atoms with Gasteiger partial charge in [-0.05, 0) is 30.8 Å². The van der Waals surface area contributed by atoms with Gasteiger partial charge in [0.1, 0.15) is 4.88 Å². The van der Waals surface area contributed by atoms with Gasteiger partial charge >= 0.3 is 0 Å². The molecule has 0 aliphatic carbocycles. The molecular weight excluding hydrogens is 290 g/mol. The highest BCUT2D eigenvalue weighted by Crippen LogP contribution is 2.28. The largest absolute Gasteiger partial charge is 0.334 e. The maximum absolute atomic E-state index is 12.3. The SMILES string of the molecule is Cc1nnsc1C(=O)N1CCC(C)C1CBr. The van der Waals surface area contributed by atoms with E-state index >= 15 is 0 Å². The molecule has 0 saturated carbocycles. The fourth-order valence-corrected chi connectivity index (χ4v) is 3.65. The summed E-state index contributed by atoms with van der Waals surface area (Å²) in [5.41, 5.74) is 0.739. The van der Waals surface area contributed by atoms with Gasteiger partial charge in [-0.1, -0.05) is 27.3 Å². The van der Waals surface area contributed by atoms with Crippen molar-refractivity contribution in [2.45, 2.75) is 26.3 Å². The molecule has 1 aromatic heterocycles. The van der Waals surface area contributed by atoms with Crippen molar-refractivity contribution in [3.8, 4) is 0 Å². The van der Waals surface area contributed by atoms with Crippen molar-refractivity contribution in [1.82, 2.24) is 14.5 Å². The summed E-state index contributed by atoms with van der Waals surface area (Å²) in [5, 5.41) is 4.73. The number of hydrogen-bond donors (Lipinski definition) is 0. The van der Waals surface area contributed by atoms with Crippen LogP contribution in [0.4, 0.5) is 0 Å². The van der Waals surface area contributed by atoms with Crippen LogP contribution < -0.4 is 0 Å². The average Bonchev–Trinajstić information content (AvgIpc) is 2.83. The maximum Gasteiger partial charge on any atom is 0.267 e. The molecule has 2 unspecified atom stereocenters. The van der Waals surface area contributed by atoms with E-state index in [4.69, 9.17) is 0 Å². The van der Waals surface area contributed by atoms with Crippen LogP contribution >= 0.6 is 27.5 Å². The van der Waals surface area contributed by atoms with E-state index in [0.717, 1.165) is 24.0 Å². The minimum Gasteiger partial charge on any atom is -0.334 e. The standard InChI is InChI=1S/C10H14BrN3OS/c1-6-3-4-14(8(6)5-11)10(15)9-7(2)12-13-16-9/h6,8H,3-5H2,1-2H3. The monoisotopic (exact) mass is 303 g/mol. The van der Waals surface area contributed by atoms with E-state index in [1.165, 1.54) is 11.5 Å². The molecule has 2 heterocycles. The normalized spacial score (nSPS) is 25.1. The number of hydrogen-bond acceptors (Lipinski definition) is 4. The van der Waals surface area contributed by atoms with Crippen LogP contribution in [0.2, 0.25) is 0 Å². The molecule has 88 valence electrons. The zero-order valence-corrected chi connectivity index (χ0v) is 11.7. The van der Waals surface area contributed by atoms with E-state index < -0.39 is 0 Å². The Kier molecular flexibility index (Phi) is 3.59. The predicted molar refractivity (Wildman–Crippen MR) is 67.0 cm³/mol. The van der Waals surface area contributed by atoms with Crippen molar-refractivity contribution in [3.63, 3.8) is 0 Å². The van der Waals surface area contributed by atoms with Crippen LogP contribution in [-0.2, 0) is 0 Å². The summed E-state index contributed by atoms with van der Waals surface area (Å²) in [4.78, 5) is 14.9. The van der Waals surface area contributed by atoms with Crippen molar-refractivity contribution in [2.24, 2.45) is 5.92 Å². The molecular formula is C10H14BrN3OS. The van der Waals surface area contributed by atoms with Gasteiger partial charge in [0.25, 0.3) is 5.91 Å². The van der Waals surface area contributed by atoms with E-state index in [1.807, 2.05) is 11.8 Å². The van der Waals surface area contributed by atoms with Gasteiger partial charge in [-0.2, -0.15) is 0 Å². The Morgan fingerprint density at radius 1 is 1.69 bits per heavy atom. The third kappa shape index (κ3) is 2.00. The number of alkyl halides is 1. The maximum atomic E-state index is 12.3. The lowest BCUT2D eigenvalue weighted by Crippen LogP contribution is -2.38. The van der Waals surface area contributed by atoms with Crippen molar-refractivity contribution in [2.75, 3.05) is 11.9 Å². The fraction of sp³-hybridized carbons (Fsp3) is 0.700. The van der Waals surface area contributed by atoms with Crippen LogP contribution in [0, 0.1) is 12.8 Å². The fourth-order valence-electron chi connectivity index (χ4n) is 2.05. The average molecular weight is 304 g/mol. The van der Waals surface area contributed by atoms with Crippen LogP contribution in [-0.4, -0.2) is 38.3 Å². The number of rotatable bonds is 2. The first kappa shape index (κ1) is 12.0. The molecule has 1 aliphatic heterocycles. The van der Waals surface area contributed by atoms with Gasteiger partial charge < -0.3 is 4.90 Å². The first-order valence-corrected chi connectivity index (χ1v) is 7.20. The number of nitrogens with zero attached hydrogens (tertiary/aromatic N) is 3. The third-order valence-corrected chi connectivity index (χ3v) is 4.63. The van der Waals surface area contributed by atoms with Gasteiger partial charge in [-0.3, -0.25) is 4.79 Å². The van der Waals surface area contributed by atoms with Gasteiger partial charge in [0, 0.05) is 17.9 Å². The molecule has 2 atom stereocenters. The summed E-state index contributed by atoms with van der Waals surface area (Å²) in [6.07, 6.45) is 1.08. The Morgan fingerprint density at radius 3 is 3.00 bits per heavy atom. The molecule has 0 radical (unpaired) electrons. The molecule has 6 heteroatoms. The van der Waals surface area contributed by atoms with Gasteiger partial charge in [-0.25, -0.2) is 0 Å². The van der Waals surface area contributed by atoms with E-state index in [1.54, 1.807) is 0 Å². The highest BCUT2D eigenvalue weighted by atomic mass is 79.9. The molecule has 16 heavy (non-hydrogen) atoms. The quantitative estimate of drug-likeness (QED) is 0.786. The number of likely N-dealkylation sites (tertiary alicyclic amines) is 1. The van der Waals surface area contributed by atoms with Crippen molar-refractivity contribution < 1.29 is 4.79 Å². The molecule has 1 saturated heterocycles. The van der Waals surface area contributed by atoms with Crippen LogP contribution in [0.25, 0.3) is 0 Å². The second-order valence-electron chi connectivity index (χ2n) is 4.17. The van der Waals surface area contributed by atoms with Gasteiger partial charge in [0.2, 0.25) is 0 Å². The van der Waals surface area contributed by atoms with Gasteiger partial charge in [0.15, 0.2) is 0 Å². The zero-order chi connectivity index (χ0) is 11.7. The minimum absolute atomic E-state index is 0.0845. The molecule has 0 aromatic carbocycles. The number of aromatic nitrogens is 2.